The van der Waals surface area contributed by atoms with Gasteiger partial charge in [0.15, 0.2) is 13.9 Å². The SMILES string of the molecule is c1ccc([Si](c2ccccc2)(c2ccccc2)c2cccc(-c3cccc(-c4nc(-n5c6ccccc6c6ccccc65)nc(-n5c6ccccc6c6ccccc65)n4)c3)c2)cc1. The van der Waals surface area contributed by atoms with E-state index < -0.39 is 8.07 Å². The molecule has 0 radical (unpaired) electrons. The van der Waals surface area contributed by atoms with E-state index in [-0.39, 0.29) is 0 Å². The molecule has 0 atom stereocenters. The Morgan fingerprint density at radius 2 is 0.603 bits per heavy atom. The Bertz CT molecular complexity index is 3300. The maximum Gasteiger partial charge on any atom is 0.240 e. The summed E-state index contributed by atoms with van der Waals surface area (Å²) in [4.78, 5) is 16.1. The number of aromatic nitrogens is 5. The Hall–Kier alpha value is -8.19. The molecular formula is C57H39N5Si. The zero-order chi connectivity index (χ0) is 41.7. The highest BCUT2D eigenvalue weighted by Crippen LogP contribution is 2.35. The first-order chi connectivity index (χ1) is 31.3. The van der Waals surface area contributed by atoms with Gasteiger partial charge in [-0.05, 0) is 62.2 Å². The molecule has 0 unspecified atom stereocenters. The van der Waals surface area contributed by atoms with Gasteiger partial charge < -0.3 is 0 Å². The largest absolute Gasteiger partial charge is 0.278 e. The zero-order valence-electron chi connectivity index (χ0n) is 34.3. The average Bonchev–Trinajstić information content (AvgIpc) is 3.89. The standard InChI is InChI=1S/C57H39N5Si/c1-4-23-43(24-5-1)63(44-25-6-2-7-26-44,45-27-8-3-9-28-45)46-29-19-21-41(39-46)40-20-18-22-42(38-40)55-58-56(61-51-34-14-10-30-47(51)48-31-11-15-35-52(48)61)60-57(59-55)62-53-36-16-12-32-49(53)50-33-13-17-37-54(50)62/h1-39H. The average molecular weight is 822 g/mol. The lowest BCUT2D eigenvalue weighted by molar-refractivity contribution is 0.893. The van der Waals surface area contributed by atoms with Gasteiger partial charge in [0.2, 0.25) is 11.9 Å². The summed E-state index contributed by atoms with van der Waals surface area (Å²) in [6.45, 7) is 0. The van der Waals surface area contributed by atoms with Crippen LogP contribution >= 0.6 is 0 Å². The van der Waals surface area contributed by atoms with Crippen LogP contribution in [0.5, 0.6) is 0 Å². The molecule has 0 spiro atoms. The summed E-state index contributed by atoms with van der Waals surface area (Å²) in [5.74, 6) is 1.72. The van der Waals surface area contributed by atoms with E-state index in [9.17, 15) is 0 Å². The molecule has 0 aliphatic rings. The van der Waals surface area contributed by atoms with Crippen LogP contribution in [0.3, 0.4) is 0 Å². The van der Waals surface area contributed by atoms with Crippen molar-refractivity contribution in [2.45, 2.75) is 0 Å². The number of para-hydroxylation sites is 4. The fourth-order valence-electron chi connectivity index (χ4n) is 9.79. The minimum atomic E-state index is -2.75. The molecule has 12 aromatic rings. The van der Waals surface area contributed by atoms with Crippen molar-refractivity contribution in [1.29, 1.82) is 0 Å². The predicted octanol–water partition coefficient (Wildman–Crippen LogP) is 10.8. The Morgan fingerprint density at radius 3 is 1.03 bits per heavy atom. The molecule has 5 nitrogen and oxygen atoms in total. The van der Waals surface area contributed by atoms with E-state index in [1.165, 1.54) is 20.7 Å². The van der Waals surface area contributed by atoms with Crippen molar-refractivity contribution in [3.8, 4) is 34.4 Å². The summed E-state index contributed by atoms with van der Waals surface area (Å²) in [6, 6.07) is 85.1. The smallest absolute Gasteiger partial charge is 0.240 e. The molecule has 3 heterocycles. The maximum atomic E-state index is 5.36. The van der Waals surface area contributed by atoms with E-state index in [2.05, 4.69) is 246 Å². The van der Waals surface area contributed by atoms with Crippen LogP contribution in [-0.2, 0) is 0 Å². The van der Waals surface area contributed by atoms with E-state index in [0.29, 0.717) is 17.7 Å². The lowest BCUT2D eigenvalue weighted by atomic mass is 10.0. The molecule has 63 heavy (non-hydrogen) atoms. The molecule has 0 saturated carbocycles. The van der Waals surface area contributed by atoms with Crippen LogP contribution in [0.25, 0.3) is 78.0 Å². The number of nitrogens with zero attached hydrogens (tertiary/aromatic N) is 5. The molecule has 0 saturated heterocycles. The molecular weight excluding hydrogens is 783 g/mol. The minimum absolute atomic E-state index is 0.561. The second-order valence-corrected chi connectivity index (χ2v) is 19.8. The molecule has 0 aliphatic heterocycles. The van der Waals surface area contributed by atoms with Crippen molar-refractivity contribution in [2.75, 3.05) is 0 Å². The highest BCUT2D eigenvalue weighted by molar-refractivity contribution is 7.19. The molecule has 9 aromatic carbocycles. The molecule has 6 heteroatoms. The van der Waals surface area contributed by atoms with Crippen molar-refractivity contribution in [3.63, 3.8) is 0 Å². The van der Waals surface area contributed by atoms with Gasteiger partial charge in [-0.15, -0.1) is 0 Å². The molecule has 12 rings (SSSR count). The van der Waals surface area contributed by atoms with Crippen LogP contribution in [-0.4, -0.2) is 32.2 Å². The van der Waals surface area contributed by atoms with Gasteiger partial charge in [0, 0.05) is 27.1 Å². The third-order valence-electron chi connectivity index (χ3n) is 12.5. The van der Waals surface area contributed by atoms with Crippen molar-refractivity contribution < 1.29 is 0 Å². The zero-order valence-corrected chi connectivity index (χ0v) is 35.3. The lowest BCUT2D eigenvalue weighted by Crippen LogP contribution is -2.74. The second-order valence-electron chi connectivity index (χ2n) is 16.0. The molecule has 0 N–H and O–H groups in total. The summed E-state index contributed by atoms with van der Waals surface area (Å²) in [5.41, 5.74) is 7.28. The van der Waals surface area contributed by atoms with Crippen molar-refractivity contribution in [2.24, 2.45) is 0 Å². The van der Waals surface area contributed by atoms with Crippen LogP contribution in [0.4, 0.5) is 0 Å². The van der Waals surface area contributed by atoms with Gasteiger partial charge in [0.25, 0.3) is 0 Å². The summed E-state index contributed by atoms with van der Waals surface area (Å²) in [5, 5.41) is 9.94. The molecule has 0 amide bonds. The maximum absolute atomic E-state index is 5.36. The van der Waals surface area contributed by atoms with Crippen molar-refractivity contribution >= 4 is 72.4 Å². The van der Waals surface area contributed by atoms with Crippen molar-refractivity contribution in [1.82, 2.24) is 24.1 Å². The molecule has 3 aromatic heterocycles. The number of benzene rings is 9. The first-order valence-corrected chi connectivity index (χ1v) is 23.4. The molecule has 0 bridgehead atoms. The van der Waals surface area contributed by atoms with Crippen LogP contribution in [0, 0.1) is 0 Å². The Balaban J connectivity index is 1.08. The van der Waals surface area contributed by atoms with E-state index >= 15 is 0 Å². The fraction of sp³-hybridized carbons (Fsp3) is 0. The van der Waals surface area contributed by atoms with Crippen LogP contribution in [0.1, 0.15) is 0 Å². The summed E-state index contributed by atoms with van der Waals surface area (Å²) < 4.78 is 4.36. The van der Waals surface area contributed by atoms with Gasteiger partial charge in [0.1, 0.15) is 0 Å². The van der Waals surface area contributed by atoms with E-state index in [1.807, 2.05) is 0 Å². The van der Waals surface area contributed by atoms with Crippen LogP contribution in [0.15, 0.2) is 237 Å². The third-order valence-corrected chi connectivity index (χ3v) is 17.3. The van der Waals surface area contributed by atoms with Gasteiger partial charge in [-0.25, -0.2) is 0 Å². The van der Waals surface area contributed by atoms with E-state index in [4.69, 9.17) is 15.0 Å². The highest BCUT2D eigenvalue weighted by atomic mass is 28.3. The van der Waals surface area contributed by atoms with Gasteiger partial charge >= 0.3 is 0 Å². The first-order valence-electron chi connectivity index (χ1n) is 21.4. The number of hydrogen-bond acceptors (Lipinski definition) is 3. The van der Waals surface area contributed by atoms with E-state index in [1.54, 1.807) is 0 Å². The van der Waals surface area contributed by atoms with E-state index in [0.717, 1.165) is 60.3 Å². The highest BCUT2D eigenvalue weighted by Gasteiger charge is 2.41. The van der Waals surface area contributed by atoms with Gasteiger partial charge in [-0.2, -0.15) is 15.0 Å². The van der Waals surface area contributed by atoms with Crippen molar-refractivity contribution in [3.05, 3.63) is 237 Å². The predicted molar refractivity (Wildman–Crippen MR) is 263 cm³/mol. The minimum Gasteiger partial charge on any atom is -0.278 e. The van der Waals surface area contributed by atoms with Gasteiger partial charge in [0.05, 0.1) is 22.1 Å². The molecule has 0 aliphatic carbocycles. The topological polar surface area (TPSA) is 48.5 Å². The van der Waals surface area contributed by atoms with Gasteiger partial charge in [-0.1, -0.05) is 206 Å². The number of hydrogen-bond donors (Lipinski definition) is 0. The monoisotopic (exact) mass is 821 g/mol. The lowest BCUT2D eigenvalue weighted by Gasteiger charge is -2.34. The molecule has 0 fully saturated rings. The third kappa shape index (κ3) is 5.95. The number of rotatable bonds is 8. The number of fused-ring (bicyclic) bond motifs is 6. The fourth-order valence-corrected chi connectivity index (χ4v) is 14.6. The Kier molecular flexibility index (Phi) is 8.76. The Morgan fingerprint density at radius 1 is 0.270 bits per heavy atom. The van der Waals surface area contributed by atoms with Crippen LogP contribution < -0.4 is 20.7 Å². The van der Waals surface area contributed by atoms with Gasteiger partial charge in [-0.3, -0.25) is 9.13 Å². The summed E-state index contributed by atoms with van der Waals surface area (Å²) in [7, 11) is -2.75. The first kappa shape index (κ1) is 36.6. The quantitative estimate of drug-likeness (QED) is 0.113. The summed E-state index contributed by atoms with van der Waals surface area (Å²) in [6.07, 6.45) is 0. The Labute approximate surface area is 365 Å². The summed E-state index contributed by atoms with van der Waals surface area (Å²) >= 11 is 0. The molecule has 296 valence electrons. The second kappa shape index (κ2) is 15.1. The van der Waals surface area contributed by atoms with Crippen LogP contribution in [0.2, 0.25) is 0 Å². The normalized spacial score (nSPS) is 11.8.